The van der Waals surface area contributed by atoms with Crippen molar-refractivity contribution in [1.82, 2.24) is 0 Å². The predicted octanol–water partition coefficient (Wildman–Crippen LogP) is 2.64. The summed E-state index contributed by atoms with van der Waals surface area (Å²) in [6.45, 7) is 4.08. The molecule has 0 bridgehead atoms. The van der Waals surface area contributed by atoms with Gasteiger partial charge in [0.05, 0.1) is 24.9 Å². The summed E-state index contributed by atoms with van der Waals surface area (Å²) in [5.41, 5.74) is 1.08. The third-order valence-electron chi connectivity index (χ3n) is 3.49. The third kappa shape index (κ3) is 4.82. The molecule has 0 amide bonds. The molecule has 1 heterocycles. The van der Waals surface area contributed by atoms with Crippen LogP contribution < -0.4 is 0 Å². The highest BCUT2D eigenvalue weighted by Crippen LogP contribution is 2.23. The number of halogens is 1. The number of benzene rings is 1. The lowest BCUT2D eigenvalue weighted by Gasteiger charge is -2.32. The molecule has 0 aliphatic carbocycles. The van der Waals surface area contributed by atoms with Gasteiger partial charge in [-0.3, -0.25) is 0 Å². The van der Waals surface area contributed by atoms with Crippen LogP contribution >= 0.6 is 0 Å². The Morgan fingerprint density at radius 2 is 2.05 bits per heavy atom. The Labute approximate surface area is 125 Å². The van der Waals surface area contributed by atoms with E-state index in [-0.39, 0.29) is 37.3 Å². The van der Waals surface area contributed by atoms with Gasteiger partial charge < -0.3 is 14.6 Å². The average molecular weight is 292 g/mol. The molecule has 3 nitrogen and oxygen atoms in total. The Morgan fingerprint density at radius 1 is 1.33 bits per heavy atom. The van der Waals surface area contributed by atoms with Crippen LogP contribution in [0.15, 0.2) is 18.2 Å². The summed E-state index contributed by atoms with van der Waals surface area (Å²) in [7, 11) is 0. The van der Waals surface area contributed by atoms with Crippen molar-refractivity contribution < 1.29 is 19.0 Å². The molecule has 1 aromatic rings. The van der Waals surface area contributed by atoms with Crippen molar-refractivity contribution >= 4 is 0 Å². The summed E-state index contributed by atoms with van der Waals surface area (Å²) in [5, 5.41) is 8.63. The van der Waals surface area contributed by atoms with E-state index < -0.39 is 0 Å². The lowest BCUT2D eigenvalue weighted by atomic mass is 10.0. The number of rotatable bonds is 3. The predicted molar refractivity (Wildman–Crippen MR) is 78.2 cm³/mol. The van der Waals surface area contributed by atoms with Gasteiger partial charge in [0, 0.05) is 11.1 Å². The Kier molecular flexibility index (Phi) is 5.75. The second kappa shape index (κ2) is 7.56. The first kappa shape index (κ1) is 16.0. The molecule has 1 N–H and O–H groups in total. The smallest absolute Gasteiger partial charge is 0.129 e. The van der Waals surface area contributed by atoms with Crippen molar-refractivity contribution in [3.63, 3.8) is 0 Å². The maximum absolute atomic E-state index is 13.9. The molecule has 2 unspecified atom stereocenters. The van der Waals surface area contributed by atoms with E-state index in [1.165, 1.54) is 6.07 Å². The van der Waals surface area contributed by atoms with Crippen molar-refractivity contribution in [2.24, 2.45) is 0 Å². The van der Waals surface area contributed by atoms with Gasteiger partial charge in [0.2, 0.25) is 0 Å². The second-order valence-corrected chi connectivity index (χ2v) is 5.43. The fraction of sp³-hybridized carbons (Fsp3) is 0.529. The van der Waals surface area contributed by atoms with E-state index in [0.717, 1.165) is 12.8 Å². The van der Waals surface area contributed by atoms with Crippen LogP contribution in [0.1, 0.15) is 37.8 Å². The molecule has 1 saturated heterocycles. The van der Waals surface area contributed by atoms with E-state index >= 15 is 0 Å². The van der Waals surface area contributed by atoms with Crippen molar-refractivity contribution in [1.29, 1.82) is 0 Å². The van der Waals surface area contributed by atoms with Crippen molar-refractivity contribution in [2.45, 2.75) is 51.6 Å². The Morgan fingerprint density at radius 3 is 2.67 bits per heavy atom. The van der Waals surface area contributed by atoms with Gasteiger partial charge in [0.15, 0.2) is 0 Å². The summed E-state index contributed by atoms with van der Waals surface area (Å²) >= 11 is 0. The zero-order valence-electron chi connectivity index (χ0n) is 12.4. The van der Waals surface area contributed by atoms with Crippen LogP contribution in [-0.4, -0.2) is 30.0 Å². The molecule has 114 valence electrons. The van der Waals surface area contributed by atoms with Crippen LogP contribution in [0.5, 0.6) is 0 Å². The molecule has 1 fully saturated rings. The number of aliphatic hydroxyl groups excluding tert-OH is 1. The maximum atomic E-state index is 13.9. The molecular formula is C17H21FO3. The molecule has 2 atom stereocenters. The van der Waals surface area contributed by atoms with E-state index in [9.17, 15) is 4.39 Å². The molecule has 2 rings (SSSR count). The van der Waals surface area contributed by atoms with Crippen molar-refractivity contribution in [3.05, 3.63) is 35.1 Å². The van der Waals surface area contributed by atoms with Crippen molar-refractivity contribution in [3.8, 4) is 11.8 Å². The van der Waals surface area contributed by atoms with Crippen LogP contribution in [0.25, 0.3) is 0 Å². The van der Waals surface area contributed by atoms with Crippen LogP contribution in [0.2, 0.25) is 0 Å². The summed E-state index contributed by atoms with van der Waals surface area (Å²) in [6, 6.07) is 4.79. The van der Waals surface area contributed by atoms with Crippen LogP contribution in [-0.2, 0) is 16.1 Å². The first-order valence-electron chi connectivity index (χ1n) is 7.23. The fourth-order valence-electron chi connectivity index (χ4n) is 2.57. The maximum Gasteiger partial charge on any atom is 0.129 e. The van der Waals surface area contributed by atoms with Gasteiger partial charge in [-0.15, -0.1) is 0 Å². The third-order valence-corrected chi connectivity index (χ3v) is 3.49. The standard InChI is InChI=1S/C17H21FO3/c1-12-8-16(9-13(2)21-12)20-11-15-6-5-14(4-3-7-19)10-17(15)18/h5-6,10,12-13,16,19H,7-9,11H2,1-2H3. The zero-order valence-corrected chi connectivity index (χ0v) is 12.4. The number of hydrogen-bond acceptors (Lipinski definition) is 3. The first-order chi connectivity index (χ1) is 10.1. The van der Waals surface area contributed by atoms with Crippen LogP contribution in [0.3, 0.4) is 0 Å². The molecule has 21 heavy (non-hydrogen) atoms. The van der Waals surface area contributed by atoms with Gasteiger partial charge in [-0.25, -0.2) is 4.39 Å². The number of hydrogen-bond donors (Lipinski definition) is 1. The highest BCUT2D eigenvalue weighted by Gasteiger charge is 2.25. The van der Waals surface area contributed by atoms with Gasteiger partial charge in [-0.05, 0) is 38.8 Å². The molecule has 1 aromatic carbocycles. The summed E-state index contributed by atoms with van der Waals surface area (Å²) in [5.74, 6) is 4.85. The highest BCUT2D eigenvalue weighted by atomic mass is 19.1. The molecule has 0 aromatic heterocycles. The normalized spacial score (nSPS) is 25.2. The molecule has 1 aliphatic heterocycles. The number of aliphatic hydroxyl groups is 1. The van der Waals surface area contributed by atoms with Gasteiger partial charge in [0.1, 0.15) is 12.4 Å². The average Bonchev–Trinajstić information content (AvgIpc) is 2.43. The minimum absolute atomic E-state index is 0.108. The number of ether oxygens (including phenoxy) is 2. The van der Waals surface area contributed by atoms with Gasteiger partial charge in [-0.1, -0.05) is 17.9 Å². The summed E-state index contributed by atoms with van der Waals surface area (Å²) < 4.78 is 25.4. The lowest BCUT2D eigenvalue weighted by Crippen LogP contribution is -2.34. The second-order valence-electron chi connectivity index (χ2n) is 5.43. The fourth-order valence-corrected chi connectivity index (χ4v) is 2.57. The topological polar surface area (TPSA) is 38.7 Å². The van der Waals surface area contributed by atoms with Gasteiger partial charge >= 0.3 is 0 Å². The van der Waals surface area contributed by atoms with Crippen LogP contribution in [0.4, 0.5) is 4.39 Å². The van der Waals surface area contributed by atoms with E-state index in [0.29, 0.717) is 11.1 Å². The van der Waals surface area contributed by atoms with Gasteiger partial charge in [0.25, 0.3) is 0 Å². The SMILES string of the molecule is CC1CC(OCc2ccc(C#CCO)cc2F)CC(C)O1. The lowest BCUT2D eigenvalue weighted by molar-refractivity contribution is -0.106. The highest BCUT2D eigenvalue weighted by molar-refractivity contribution is 5.36. The summed E-state index contributed by atoms with van der Waals surface area (Å²) in [4.78, 5) is 0. The molecule has 4 heteroatoms. The van der Waals surface area contributed by atoms with E-state index in [1.807, 2.05) is 13.8 Å². The Balaban J connectivity index is 1.94. The zero-order chi connectivity index (χ0) is 15.2. The monoisotopic (exact) mass is 292 g/mol. The van der Waals surface area contributed by atoms with Crippen molar-refractivity contribution in [2.75, 3.05) is 6.61 Å². The first-order valence-corrected chi connectivity index (χ1v) is 7.23. The molecule has 0 radical (unpaired) electrons. The van der Waals surface area contributed by atoms with Crippen LogP contribution in [0, 0.1) is 17.7 Å². The van der Waals surface area contributed by atoms with E-state index in [2.05, 4.69) is 11.8 Å². The van der Waals surface area contributed by atoms with E-state index in [4.69, 9.17) is 14.6 Å². The minimum atomic E-state index is -0.326. The molecule has 0 spiro atoms. The minimum Gasteiger partial charge on any atom is -0.384 e. The Hall–Kier alpha value is -1.41. The van der Waals surface area contributed by atoms with E-state index in [1.54, 1.807) is 12.1 Å². The Bertz CT molecular complexity index is 523. The largest absolute Gasteiger partial charge is 0.384 e. The van der Waals surface area contributed by atoms with Gasteiger partial charge in [-0.2, -0.15) is 0 Å². The quantitative estimate of drug-likeness (QED) is 0.871. The molecule has 1 aliphatic rings. The summed E-state index contributed by atoms with van der Waals surface area (Å²) in [6.07, 6.45) is 2.15. The molecular weight excluding hydrogens is 271 g/mol. The molecule has 0 saturated carbocycles.